The molecule has 1 atom stereocenters. The number of rotatable bonds is 2. The molecule has 0 N–H and O–H groups in total. The van der Waals surface area contributed by atoms with Crippen LogP contribution < -0.4 is 0 Å². The summed E-state index contributed by atoms with van der Waals surface area (Å²) in [6.07, 6.45) is 1.37. The maximum atomic E-state index is 2.55. The first-order chi connectivity index (χ1) is 6.74. The van der Waals surface area contributed by atoms with Crippen molar-refractivity contribution in [3.8, 4) is 0 Å². The van der Waals surface area contributed by atoms with Gasteiger partial charge < -0.3 is 0 Å². The van der Waals surface area contributed by atoms with Gasteiger partial charge in [-0.15, -0.1) is 0 Å². The first-order valence-corrected chi connectivity index (χ1v) is 5.52. The van der Waals surface area contributed by atoms with Crippen LogP contribution in [0.25, 0.3) is 0 Å². The molecule has 0 bridgehead atoms. The molecule has 1 aromatic rings. The van der Waals surface area contributed by atoms with Gasteiger partial charge in [-0.05, 0) is 31.4 Å². The first kappa shape index (κ1) is 9.72. The molecule has 0 radical (unpaired) electrons. The van der Waals surface area contributed by atoms with E-state index in [1.165, 1.54) is 30.6 Å². The van der Waals surface area contributed by atoms with Crippen molar-refractivity contribution in [2.75, 3.05) is 13.1 Å². The molecule has 1 nitrogen and oxygen atoms in total. The monoisotopic (exact) mass is 189 g/mol. The predicted molar refractivity (Wildman–Crippen MR) is 60.2 cm³/mol. The Hall–Kier alpha value is -0.820. The third-order valence-corrected chi connectivity index (χ3v) is 3.03. The minimum Gasteiger partial charge on any atom is -0.299 e. The smallest absolute Gasteiger partial charge is 0.0233 e. The summed E-state index contributed by atoms with van der Waals surface area (Å²) in [7, 11) is 0. The highest BCUT2D eigenvalue weighted by atomic mass is 15.1. The topological polar surface area (TPSA) is 3.24 Å². The third-order valence-electron chi connectivity index (χ3n) is 3.03. The minimum atomic E-state index is 0.889. The molecule has 0 aromatic heterocycles. The van der Waals surface area contributed by atoms with Crippen molar-refractivity contribution >= 4 is 0 Å². The Morgan fingerprint density at radius 2 is 2.00 bits per heavy atom. The highest BCUT2D eigenvalue weighted by molar-refractivity contribution is 5.21. The van der Waals surface area contributed by atoms with Crippen LogP contribution in [0.1, 0.15) is 24.5 Å². The van der Waals surface area contributed by atoms with Crippen LogP contribution in [-0.2, 0) is 6.54 Å². The Bertz CT molecular complexity index is 289. The van der Waals surface area contributed by atoms with E-state index in [0.717, 1.165) is 12.5 Å². The van der Waals surface area contributed by atoms with E-state index in [4.69, 9.17) is 0 Å². The van der Waals surface area contributed by atoms with Crippen LogP contribution in [0.3, 0.4) is 0 Å². The van der Waals surface area contributed by atoms with Gasteiger partial charge in [0.05, 0.1) is 0 Å². The maximum absolute atomic E-state index is 2.55. The number of hydrogen-bond acceptors (Lipinski definition) is 1. The third kappa shape index (κ3) is 2.36. The lowest BCUT2D eigenvalue weighted by atomic mass is 10.1. The van der Waals surface area contributed by atoms with Crippen molar-refractivity contribution in [3.63, 3.8) is 0 Å². The SMILES string of the molecule is Cc1ccc(CN2CC[C@H](C)C2)cc1. The van der Waals surface area contributed by atoms with Gasteiger partial charge in [0.1, 0.15) is 0 Å². The van der Waals surface area contributed by atoms with Crippen LogP contribution in [0.2, 0.25) is 0 Å². The van der Waals surface area contributed by atoms with E-state index < -0.39 is 0 Å². The summed E-state index contributed by atoms with van der Waals surface area (Å²) in [6.45, 7) is 8.16. The fourth-order valence-electron chi connectivity index (χ4n) is 2.12. The molecule has 1 heteroatoms. The van der Waals surface area contributed by atoms with Crippen molar-refractivity contribution in [3.05, 3.63) is 35.4 Å². The zero-order valence-corrected chi connectivity index (χ0v) is 9.16. The molecule has 14 heavy (non-hydrogen) atoms. The van der Waals surface area contributed by atoms with E-state index >= 15 is 0 Å². The van der Waals surface area contributed by atoms with Gasteiger partial charge in [-0.25, -0.2) is 0 Å². The van der Waals surface area contributed by atoms with Gasteiger partial charge in [-0.1, -0.05) is 36.8 Å². The molecule has 0 saturated carbocycles. The van der Waals surface area contributed by atoms with Gasteiger partial charge in [0.2, 0.25) is 0 Å². The van der Waals surface area contributed by atoms with Crippen LogP contribution in [0.4, 0.5) is 0 Å². The molecular formula is C13H19N. The molecule has 1 fully saturated rings. The molecule has 76 valence electrons. The zero-order chi connectivity index (χ0) is 9.97. The Kier molecular flexibility index (Phi) is 2.87. The quantitative estimate of drug-likeness (QED) is 0.691. The molecule has 2 rings (SSSR count). The second kappa shape index (κ2) is 4.14. The normalized spacial score (nSPS) is 22.9. The Morgan fingerprint density at radius 3 is 2.57 bits per heavy atom. The summed E-state index contributed by atoms with van der Waals surface area (Å²) < 4.78 is 0. The first-order valence-electron chi connectivity index (χ1n) is 5.52. The fourth-order valence-corrected chi connectivity index (χ4v) is 2.12. The van der Waals surface area contributed by atoms with E-state index in [9.17, 15) is 0 Å². The van der Waals surface area contributed by atoms with Crippen molar-refractivity contribution in [2.24, 2.45) is 5.92 Å². The number of hydrogen-bond donors (Lipinski definition) is 0. The molecule has 0 unspecified atom stereocenters. The van der Waals surface area contributed by atoms with Crippen LogP contribution >= 0.6 is 0 Å². The molecule has 1 aromatic carbocycles. The van der Waals surface area contributed by atoms with E-state index in [0.29, 0.717) is 0 Å². The van der Waals surface area contributed by atoms with E-state index in [1.54, 1.807) is 0 Å². The summed E-state index contributed by atoms with van der Waals surface area (Å²) in [6, 6.07) is 8.90. The fraction of sp³-hybridized carbons (Fsp3) is 0.538. The number of benzene rings is 1. The highest BCUT2D eigenvalue weighted by Crippen LogP contribution is 2.17. The van der Waals surface area contributed by atoms with Crippen molar-refractivity contribution in [2.45, 2.75) is 26.8 Å². The van der Waals surface area contributed by atoms with Crippen LogP contribution in [0, 0.1) is 12.8 Å². The van der Waals surface area contributed by atoms with Crippen molar-refractivity contribution in [1.29, 1.82) is 0 Å². The molecular weight excluding hydrogens is 170 g/mol. The number of aryl methyl sites for hydroxylation is 1. The van der Waals surface area contributed by atoms with Crippen LogP contribution in [0.5, 0.6) is 0 Å². The largest absolute Gasteiger partial charge is 0.299 e. The molecule has 0 amide bonds. The molecule has 0 spiro atoms. The summed E-state index contributed by atoms with van der Waals surface area (Å²) in [5.74, 6) is 0.889. The minimum absolute atomic E-state index is 0.889. The number of nitrogens with zero attached hydrogens (tertiary/aromatic N) is 1. The van der Waals surface area contributed by atoms with E-state index in [2.05, 4.69) is 43.0 Å². The lowest BCUT2D eigenvalue weighted by Gasteiger charge is -2.15. The zero-order valence-electron chi connectivity index (χ0n) is 9.16. The van der Waals surface area contributed by atoms with Gasteiger partial charge in [0.25, 0.3) is 0 Å². The average Bonchev–Trinajstić information content (AvgIpc) is 2.56. The summed E-state index contributed by atoms with van der Waals surface area (Å²) in [5, 5.41) is 0. The number of likely N-dealkylation sites (tertiary alicyclic amines) is 1. The molecule has 0 aliphatic carbocycles. The highest BCUT2D eigenvalue weighted by Gasteiger charge is 2.17. The summed E-state index contributed by atoms with van der Waals surface area (Å²) in [4.78, 5) is 2.55. The molecule has 1 heterocycles. The Balaban J connectivity index is 1.94. The Morgan fingerprint density at radius 1 is 1.29 bits per heavy atom. The lowest BCUT2D eigenvalue weighted by molar-refractivity contribution is 0.320. The van der Waals surface area contributed by atoms with Gasteiger partial charge in [-0.3, -0.25) is 4.90 Å². The van der Waals surface area contributed by atoms with Crippen LogP contribution in [-0.4, -0.2) is 18.0 Å². The molecule has 1 saturated heterocycles. The molecule has 1 aliphatic heterocycles. The lowest BCUT2D eigenvalue weighted by Crippen LogP contribution is -2.19. The standard InChI is InChI=1S/C13H19N/c1-11-3-5-13(6-4-11)10-14-8-7-12(2)9-14/h3-6,12H,7-10H2,1-2H3/t12-/m0/s1. The van der Waals surface area contributed by atoms with Crippen LogP contribution in [0.15, 0.2) is 24.3 Å². The van der Waals surface area contributed by atoms with Gasteiger partial charge in [-0.2, -0.15) is 0 Å². The molecule has 1 aliphatic rings. The van der Waals surface area contributed by atoms with Gasteiger partial charge >= 0.3 is 0 Å². The summed E-state index contributed by atoms with van der Waals surface area (Å²) >= 11 is 0. The summed E-state index contributed by atoms with van der Waals surface area (Å²) in [5.41, 5.74) is 2.80. The van der Waals surface area contributed by atoms with Crippen molar-refractivity contribution < 1.29 is 0 Å². The van der Waals surface area contributed by atoms with Crippen molar-refractivity contribution in [1.82, 2.24) is 4.90 Å². The van der Waals surface area contributed by atoms with E-state index in [1.807, 2.05) is 0 Å². The second-order valence-corrected chi connectivity index (χ2v) is 4.61. The predicted octanol–water partition coefficient (Wildman–Crippen LogP) is 2.84. The Labute approximate surface area is 86.7 Å². The van der Waals surface area contributed by atoms with E-state index in [-0.39, 0.29) is 0 Å². The van der Waals surface area contributed by atoms with Gasteiger partial charge in [0, 0.05) is 13.1 Å². The van der Waals surface area contributed by atoms with Gasteiger partial charge in [0.15, 0.2) is 0 Å². The maximum Gasteiger partial charge on any atom is 0.0233 e. The average molecular weight is 189 g/mol. The second-order valence-electron chi connectivity index (χ2n) is 4.61.